The van der Waals surface area contributed by atoms with Crippen molar-refractivity contribution in [2.45, 2.75) is 20.4 Å². The van der Waals surface area contributed by atoms with Crippen LogP contribution in [0, 0.1) is 13.8 Å². The number of benzene rings is 1. The van der Waals surface area contributed by atoms with Gasteiger partial charge in [-0.15, -0.1) is 11.3 Å². The van der Waals surface area contributed by atoms with Gasteiger partial charge >= 0.3 is 0 Å². The van der Waals surface area contributed by atoms with Gasteiger partial charge in [-0.25, -0.2) is 0 Å². The van der Waals surface area contributed by atoms with E-state index in [1.165, 1.54) is 11.3 Å². The van der Waals surface area contributed by atoms with Crippen molar-refractivity contribution in [3.8, 4) is 0 Å². The number of furan rings is 1. The van der Waals surface area contributed by atoms with Gasteiger partial charge in [-0.2, -0.15) is 0 Å². The maximum atomic E-state index is 12.6. The van der Waals surface area contributed by atoms with Crippen molar-refractivity contribution < 1.29 is 14.0 Å². The highest BCUT2D eigenvalue weighted by Crippen LogP contribution is 2.19. The van der Waals surface area contributed by atoms with E-state index in [0.717, 1.165) is 17.1 Å². The lowest BCUT2D eigenvalue weighted by atomic mass is 10.0. The van der Waals surface area contributed by atoms with Crippen molar-refractivity contribution in [2.75, 3.05) is 0 Å². The standard InChI is InChI=1S/C19H17NO3S/c1-12-10-14(13(2)23-12)11-20-19(22)16-7-4-3-6-15(16)18(21)17-8-5-9-24-17/h3-10H,11H2,1-2H3,(H,20,22). The van der Waals surface area contributed by atoms with Gasteiger partial charge in [0.2, 0.25) is 5.78 Å². The molecule has 2 heterocycles. The fraction of sp³-hybridized carbons (Fsp3) is 0.158. The molecule has 24 heavy (non-hydrogen) atoms. The molecule has 1 amide bonds. The minimum absolute atomic E-state index is 0.133. The number of hydrogen-bond acceptors (Lipinski definition) is 4. The molecular weight excluding hydrogens is 322 g/mol. The molecule has 1 N–H and O–H groups in total. The first-order valence-electron chi connectivity index (χ1n) is 7.57. The highest BCUT2D eigenvalue weighted by Gasteiger charge is 2.18. The first-order valence-corrected chi connectivity index (χ1v) is 8.45. The summed E-state index contributed by atoms with van der Waals surface area (Å²) >= 11 is 1.37. The quantitative estimate of drug-likeness (QED) is 0.711. The van der Waals surface area contributed by atoms with E-state index in [-0.39, 0.29) is 11.7 Å². The molecule has 0 unspecified atom stereocenters. The largest absolute Gasteiger partial charge is 0.466 e. The minimum Gasteiger partial charge on any atom is -0.466 e. The Morgan fingerprint density at radius 3 is 2.46 bits per heavy atom. The number of nitrogens with one attached hydrogen (secondary N) is 1. The molecule has 0 aliphatic heterocycles. The van der Waals surface area contributed by atoms with Crippen molar-refractivity contribution in [1.29, 1.82) is 0 Å². The number of rotatable bonds is 5. The lowest BCUT2D eigenvalue weighted by molar-refractivity contribution is 0.0940. The van der Waals surface area contributed by atoms with Gasteiger partial charge in [0.1, 0.15) is 11.5 Å². The molecule has 0 bridgehead atoms. The SMILES string of the molecule is Cc1cc(CNC(=O)c2ccccc2C(=O)c2cccs2)c(C)o1. The van der Waals surface area contributed by atoms with E-state index in [1.807, 2.05) is 31.4 Å². The molecule has 0 saturated carbocycles. The van der Waals surface area contributed by atoms with Gasteiger partial charge in [0, 0.05) is 17.7 Å². The fourth-order valence-corrected chi connectivity index (χ4v) is 3.23. The first kappa shape index (κ1) is 16.2. The Balaban J connectivity index is 1.80. The number of aryl methyl sites for hydroxylation is 2. The van der Waals surface area contributed by atoms with Gasteiger partial charge in [0.25, 0.3) is 5.91 Å². The Labute approximate surface area is 144 Å². The van der Waals surface area contributed by atoms with E-state index in [0.29, 0.717) is 22.5 Å². The zero-order valence-corrected chi connectivity index (χ0v) is 14.3. The Hall–Kier alpha value is -2.66. The molecule has 0 fully saturated rings. The normalized spacial score (nSPS) is 10.6. The number of carbonyl (C=O) groups is 2. The van der Waals surface area contributed by atoms with Crippen molar-refractivity contribution in [1.82, 2.24) is 5.32 Å². The van der Waals surface area contributed by atoms with Gasteiger partial charge < -0.3 is 9.73 Å². The Morgan fingerprint density at radius 1 is 1.08 bits per heavy atom. The molecule has 122 valence electrons. The summed E-state index contributed by atoms with van der Waals surface area (Å²) < 4.78 is 5.46. The Kier molecular flexibility index (Phi) is 4.62. The van der Waals surface area contributed by atoms with Gasteiger partial charge in [-0.05, 0) is 37.4 Å². The molecule has 3 rings (SSSR count). The van der Waals surface area contributed by atoms with E-state index < -0.39 is 0 Å². The monoisotopic (exact) mass is 339 g/mol. The molecule has 2 aromatic heterocycles. The minimum atomic E-state index is -0.270. The summed E-state index contributed by atoms with van der Waals surface area (Å²) in [4.78, 5) is 25.7. The zero-order valence-electron chi connectivity index (χ0n) is 13.5. The topological polar surface area (TPSA) is 59.3 Å². The predicted molar refractivity (Wildman–Crippen MR) is 93.5 cm³/mol. The number of hydrogen-bond donors (Lipinski definition) is 1. The van der Waals surface area contributed by atoms with E-state index in [4.69, 9.17) is 4.42 Å². The van der Waals surface area contributed by atoms with Crippen LogP contribution in [0.5, 0.6) is 0 Å². The van der Waals surface area contributed by atoms with Crippen LogP contribution in [0.4, 0.5) is 0 Å². The van der Waals surface area contributed by atoms with Gasteiger partial charge in [-0.3, -0.25) is 9.59 Å². The van der Waals surface area contributed by atoms with Crippen molar-refractivity contribution in [3.05, 3.63) is 80.9 Å². The molecular formula is C19H17NO3S. The van der Waals surface area contributed by atoms with E-state index >= 15 is 0 Å². The highest BCUT2D eigenvalue weighted by molar-refractivity contribution is 7.12. The van der Waals surface area contributed by atoms with Crippen molar-refractivity contribution in [3.63, 3.8) is 0 Å². The van der Waals surface area contributed by atoms with Gasteiger partial charge in [0.15, 0.2) is 0 Å². The smallest absolute Gasteiger partial charge is 0.252 e. The summed E-state index contributed by atoms with van der Waals surface area (Å²) in [5, 5.41) is 4.71. The summed E-state index contributed by atoms with van der Waals surface area (Å²) in [6.45, 7) is 4.10. The van der Waals surface area contributed by atoms with Crippen LogP contribution in [0.15, 0.2) is 52.3 Å². The molecule has 0 atom stereocenters. The lowest BCUT2D eigenvalue weighted by Gasteiger charge is -2.08. The third-order valence-electron chi connectivity index (χ3n) is 3.74. The zero-order chi connectivity index (χ0) is 17.1. The second-order valence-corrected chi connectivity index (χ2v) is 6.42. The Morgan fingerprint density at radius 2 is 1.83 bits per heavy atom. The molecule has 0 aliphatic carbocycles. The number of ketones is 1. The van der Waals surface area contributed by atoms with Crippen molar-refractivity contribution >= 4 is 23.0 Å². The third kappa shape index (κ3) is 3.31. The number of carbonyl (C=O) groups excluding carboxylic acids is 2. The van der Waals surface area contributed by atoms with Crippen LogP contribution in [0.1, 0.15) is 42.7 Å². The van der Waals surface area contributed by atoms with Gasteiger partial charge in [-0.1, -0.05) is 24.3 Å². The van der Waals surface area contributed by atoms with Crippen LogP contribution in [-0.2, 0) is 6.54 Å². The summed E-state index contributed by atoms with van der Waals surface area (Å²) in [5.41, 5.74) is 1.73. The number of thiophene rings is 1. The molecule has 0 spiro atoms. The molecule has 0 radical (unpaired) electrons. The van der Waals surface area contributed by atoms with Crippen LogP contribution in [0.2, 0.25) is 0 Å². The van der Waals surface area contributed by atoms with Gasteiger partial charge in [0.05, 0.1) is 10.4 Å². The lowest BCUT2D eigenvalue weighted by Crippen LogP contribution is -2.25. The summed E-state index contributed by atoms with van der Waals surface area (Å²) in [6, 6.07) is 12.4. The number of amides is 1. The maximum absolute atomic E-state index is 12.6. The first-order chi connectivity index (χ1) is 11.6. The second-order valence-electron chi connectivity index (χ2n) is 5.47. The van der Waals surface area contributed by atoms with Crippen LogP contribution >= 0.6 is 11.3 Å². The summed E-state index contributed by atoms with van der Waals surface area (Å²) in [7, 11) is 0. The third-order valence-corrected chi connectivity index (χ3v) is 4.61. The molecule has 4 nitrogen and oxygen atoms in total. The van der Waals surface area contributed by atoms with Crippen LogP contribution < -0.4 is 5.32 Å². The summed E-state index contributed by atoms with van der Waals surface area (Å²) in [5.74, 6) is 1.20. The van der Waals surface area contributed by atoms with Crippen LogP contribution in [-0.4, -0.2) is 11.7 Å². The molecule has 1 aromatic carbocycles. The van der Waals surface area contributed by atoms with E-state index in [2.05, 4.69) is 5.32 Å². The second kappa shape index (κ2) is 6.84. The molecule has 5 heteroatoms. The van der Waals surface area contributed by atoms with E-state index in [1.54, 1.807) is 30.3 Å². The Bertz CT molecular complexity index is 878. The van der Waals surface area contributed by atoms with Crippen molar-refractivity contribution in [2.24, 2.45) is 0 Å². The maximum Gasteiger partial charge on any atom is 0.252 e. The highest BCUT2D eigenvalue weighted by atomic mass is 32.1. The summed E-state index contributed by atoms with van der Waals surface area (Å²) in [6.07, 6.45) is 0. The predicted octanol–water partition coefficient (Wildman–Crippen LogP) is 4.12. The van der Waals surface area contributed by atoms with Crippen LogP contribution in [0.3, 0.4) is 0 Å². The van der Waals surface area contributed by atoms with E-state index in [9.17, 15) is 9.59 Å². The van der Waals surface area contributed by atoms with Crippen LogP contribution in [0.25, 0.3) is 0 Å². The average molecular weight is 339 g/mol. The molecule has 0 saturated heterocycles. The fourth-order valence-electron chi connectivity index (χ4n) is 2.55. The molecule has 0 aliphatic rings. The average Bonchev–Trinajstić information content (AvgIpc) is 3.21. The molecule has 3 aromatic rings.